The van der Waals surface area contributed by atoms with Crippen LogP contribution in [-0.2, 0) is 25.0 Å². The molecule has 2 aliphatic rings. The number of hydrogen-bond donors (Lipinski definition) is 0. The summed E-state index contributed by atoms with van der Waals surface area (Å²) in [6.07, 6.45) is 5.08. The zero-order chi connectivity index (χ0) is 22.8. The van der Waals surface area contributed by atoms with Crippen molar-refractivity contribution in [2.24, 2.45) is 0 Å². The van der Waals surface area contributed by atoms with E-state index in [0.717, 1.165) is 31.2 Å². The Balaban J connectivity index is 1.56. The zero-order valence-electron chi connectivity index (χ0n) is 19.0. The van der Waals surface area contributed by atoms with Gasteiger partial charge in [0.15, 0.2) is 5.69 Å². The summed E-state index contributed by atoms with van der Waals surface area (Å²) in [5, 5.41) is 0. The molecule has 1 saturated carbocycles. The molecule has 0 saturated heterocycles. The summed E-state index contributed by atoms with van der Waals surface area (Å²) >= 11 is 0. The number of fused-ring (bicyclic) bond motifs is 1. The van der Waals surface area contributed by atoms with E-state index in [-0.39, 0.29) is 23.7 Å². The topological polar surface area (TPSA) is 64.4 Å². The monoisotopic (exact) mass is 443 g/mol. The number of hydrogen-bond acceptors (Lipinski definition) is 4. The first-order valence-electron chi connectivity index (χ1n) is 11.7. The molecule has 1 amide bonds. The minimum atomic E-state index is -0.461. The van der Waals surface area contributed by atoms with Crippen LogP contribution in [0.15, 0.2) is 65.5 Å². The van der Waals surface area contributed by atoms with Crippen molar-refractivity contribution in [2.45, 2.75) is 50.7 Å². The number of ether oxygens (including phenoxy) is 1. The van der Waals surface area contributed by atoms with Gasteiger partial charge in [0.25, 0.3) is 5.91 Å². The van der Waals surface area contributed by atoms with E-state index in [0.29, 0.717) is 31.0 Å². The number of rotatable bonds is 6. The average Bonchev–Trinajstić information content (AvgIpc) is 3.32. The van der Waals surface area contributed by atoms with E-state index in [2.05, 4.69) is 29.2 Å². The highest BCUT2D eigenvalue weighted by Gasteiger charge is 2.39. The molecule has 0 N–H and O–H groups in total. The van der Waals surface area contributed by atoms with E-state index in [9.17, 15) is 9.59 Å². The van der Waals surface area contributed by atoms with Crippen molar-refractivity contribution < 1.29 is 9.53 Å². The van der Waals surface area contributed by atoms with Crippen LogP contribution in [0, 0.1) is 0 Å². The summed E-state index contributed by atoms with van der Waals surface area (Å²) in [7, 11) is 1.76. The lowest BCUT2D eigenvalue weighted by Gasteiger charge is -2.33. The summed E-state index contributed by atoms with van der Waals surface area (Å²) in [6, 6.07) is 20.2. The number of likely N-dealkylation sites (N-methyl/N-ethyl adjacent to an activating group) is 1. The Bertz CT molecular complexity index is 1200. The third-order valence-corrected chi connectivity index (χ3v) is 7.10. The second-order valence-corrected chi connectivity index (χ2v) is 9.19. The second kappa shape index (κ2) is 8.85. The molecule has 1 fully saturated rings. The third-order valence-electron chi connectivity index (χ3n) is 7.10. The van der Waals surface area contributed by atoms with Crippen molar-refractivity contribution in [3.63, 3.8) is 0 Å². The fourth-order valence-electron chi connectivity index (χ4n) is 5.28. The van der Waals surface area contributed by atoms with E-state index in [1.54, 1.807) is 11.9 Å². The lowest BCUT2D eigenvalue weighted by molar-refractivity contribution is 0.0734. The minimum Gasteiger partial charge on any atom is -0.481 e. The van der Waals surface area contributed by atoms with Gasteiger partial charge in [-0.2, -0.15) is 4.98 Å². The quantitative estimate of drug-likeness (QED) is 0.578. The van der Waals surface area contributed by atoms with Crippen LogP contribution >= 0.6 is 0 Å². The first-order chi connectivity index (χ1) is 16.1. The van der Waals surface area contributed by atoms with Crippen LogP contribution < -0.4 is 10.3 Å². The highest BCUT2D eigenvalue weighted by Crippen LogP contribution is 2.43. The first kappa shape index (κ1) is 21.4. The van der Waals surface area contributed by atoms with Crippen molar-refractivity contribution in [1.29, 1.82) is 0 Å². The lowest BCUT2D eigenvalue weighted by Crippen LogP contribution is -2.42. The molecule has 1 aromatic heterocycles. The van der Waals surface area contributed by atoms with E-state index < -0.39 is 5.56 Å². The Morgan fingerprint density at radius 2 is 1.61 bits per heavy atom. The Morgan fingerprint density at radius 1 is 0.939 bits per heavy atom. The predicted molar refractivity (Wildman–Crippen MR) is 127 cm³/mol. The number of nitrogens with zero attached hydrogens (tertiary/aromatic N) is 3. The summed E-state index contributed by atoms with van der Waals surface area (Å²) in [4.78, 5) is 32.5. The normalized spacial score (nSPS) is 17.1. The Labute approximate surface area is 193 Å². The van der Waals surface area contributed by atoms with Crippen LogP contribution in [-0.4, -0.2) is 34.0 Å². The van der Waals surface area contributed by atoms with Gasteiger partial charge in [0, 0.05) is 32.0 Å². The number of aromatic nitrogens is 2. The Hall–Kier alpha value is -3.41. The van der Waals surface area contributed by atoms with Crippen molar-refractivity contribution >= 4 is 5.91 Å². The smallest absolute Gasteiger partial charge is 0.316 e. The minimum absolute atomic E-state index is 0.0549. The number of carbonyl (C=O) groups is 1. The van der Waals surface area contributed by atoms with Crippen LogP contribution in [0.3, 0.4) is 0 Å². The van der Waals surface area contributed by atoms with Crippen molar-refractivity contribution in [1.82, 2.24) is 14.5 Å². The second-order valence-electron chi connectivity index (χ2n) is 9.19. The molecule has 3 aromatic rings. The van der Waals surface area contributed by atoms with Gasteiger partial charge in [-0.15, -0.1) is 0 Å². The molecule has 0 unspecified atom stereocenters. The Morgan fingerprint density at radius 3 is 2.30 bits per heavy atom. The van der Waals surface area contributed by atoms with Gasteiger partial charge < -0.3 is 14.2 Å². The maximum absolute atomic E-state index is 13.2. The van der Waals surface area contributed by atoms with Gasteiger partial charge in [0.05, 0.1) is 0 Å². The van der Waals surface area contributed by atoms with Gasteiger partial charge in [-0.1, -0.05) is 73.5 Å². The van der Waals surface area contributed by atoms with Gasteiger partial charge >= 0.3 is 5.56 Å². The van der Waals surface area contributed by atoms with E-state index in [1.165, 1.54) is 5.56 Å². The molecule has 170 valence electrons. The van der Waals surface area contributed by atoms with Crippen molar-refractivity contribution in [3.05, 3.63) is 93.7 Å². The molecule has 1 aliphatic carbocycles. The largest absolute Gasteiger partial charge is 0.481 e. The van der Waals surface area contributed by atoms with Crippen LogP contribution in [0.4, 0.5) is 0 Å². The van der Waals surface area contributed by atoms with Gasteiger partial charge in [-0.25, -0.2) is 0 Å². The maximum Gasteiger partial charge on any atom is 0.316 e. The predicted octanol–water partition coefficient (Wildman–Crippen LogP) is 3.96. The van der Waals surface area contributed by atoms with Gasteiger partial charge in [-0.05, 0) is 24.0 Å². The molecule has 33 heavy (non-hydrogen) atoms. The molecule has 0 spiro atoms. The molecule has 2 aromatic carbocycles. The summed E-state index contributed by atoms with van der Waals surface area (Å²) in [6.45, 7) is 1.40. The van der Waals surface area contributed by atoms with Crippen LogP contribution in [0.1, 0.15) is 53.1 Å². The molecule has 1 aliphatic heterocycles. The summed E-state index contributed by atoms with van der Waals surface area (Å²) < 4.78 is 7.87. The lowest BCUT2D eigenvalue weighted by atomic mass is 9.76. The SMILES string of the molecule is CN1CCn2c(CC3(c4ccccc4)CCCC3)nc(=O)c(OCc3ccccc3)c2C1=O. The van der Waals surface area contributed by atoms with Gasteiger partial charge in [0.1, 0.15) is 12.4 Å². The fraction of sp³-hybridized carbons (Fsp3) is 0.370. The molecule has 6 heteroatoms. The number of benzene rings is 2. The highest BCUT2D eigenvalue weighted by molar-refractivity contribution is 5.95. The van der Waals surface area contributed by atoms with Crippen LogP contribution in [0.5, 0.6) is 5.75 Å². The molecule has 0 radical (unpaired) electrons. The maximum atomic E-state index is 13.2. The molecule has 0 atom stereocenters. The van der Waals surface area contributed by atoms with Gasteiger partial charge in [0.2, 0.25) is 5.75 Å². The van der Waals surface area contributed by atoms with E-state index in [1.807, 2.05) is 41.0 Å². The van der Waals surface area contributed by atoms with Crippen molar-refractivity contribution in [2.75, 3.05) is 13.6 Å². The van der Waals surface area contributed by atoms with Gasteiger partial charge in [-0.3, -0.25) is 9.59 Å². The summed E-state index contributed by atoms with van der Waals surface area (Å²) in [5.41, 5.74) is 2.04. The highest BCUT2D eigenvalue weighted by atomic mass is 16.5. The number of amides is 1. The van der Waals surface area contributed by atoms with Crippen LogP contribution in [0.25, 0.3) is 0 Å². The average molecular weight is 444 g/mol. The standard InChI is InChI=1S/C27H29N3O3/c1-29-16-17-30-22(18-27(14-8-9-15-27)21-12-6-3-7-13-21)28-25(31)24(23(30)26(29)32)33-19-20-10-4-2-5-11-20/h2-7,10-13H,8-9,14-19H2,1H3. The first-order valence-corrected chi connectivity index (χ1v) is 11.7. The number of carbonyl (C=O) groups excluding carboxylic acids is 1. The molecule has 5 rings (SSSR count). The summed E-state index contributed by atoms with van der Waals surface area (Å²) in [5.74, 6) is 0.554. The molecule has 0 bridgehead atoms. The molecular formula is C27H29N3O3. The third kappa shape index (κ3) is 4.06. The molecule has 2 heterocycles. The molecule has 6 nitrogen and oxygen atoms in total. The van der Waals surface area contributed by atoms with Crippen LogP contribution in [0.2, 0.25) is 0 Å². The molecular weight excluding hydrogens is 414 g/mol. The van der Waals surface area contributed by atoms with Crippen molar-refractivity contribution in [3.8, 4) is 5.75 Å². The Kier molecular flexibility index (Phi) is 5.75. The zero-order valence-corrected chi connectivity index (χ0v) is 19.0. The fourth-order valence-corrected chi connectivity index (χ4v) is 5.28. The van der Waals surface area contributed by atoms with E-state index in [4.69, 9.17) is 4.74 Å². The van der Waals surface area contributed by atoms with E-state index >= 15 is 0 Å².